The number of fused-ring (bicyclic) bond motifs is 1. The van der Waals surface area contributed by atoms with E-state index in [1.54, 1.807) is 24.3 Å². The molecule has 1 atom stereocenters. The second-order valence-corrected chi connectivity index (χ2v) is 8.11. The van der Waals surface area contributed by atoms with Gasteiger partial charge in [0.25, 0.3) is 0 Å². The summed E-state index contributed by atoms with van der Waals surface area (Å²) in [4.78, 5) is 12.4. The fourth-order valence-electron chi connectivity index (χ4n) is 4.12. The Morgan fingerprint density at radius 1 is 1.19 bits per heavy atom. The number of esters is 1. The minimum Gasteiger partial charge on any atom is -0.490 e. The first-order valence-electron chi connectivity index (χ1n) is 11.3. The number of hydrogen-bond donors (Lipinski definition) is 2. The third kappa shape index (κ3) is 4.05. The van der Waals surface area contributed by atoms with Crippen LogP contribution in [0.4, 0.5) is 0 Å². The van der Waals surface area contributed by atoms with Crippen molar-refractivity contribution in [2.24, 2.45) is 5.73 Å². The fourth-order valence-corrected chi connectivity index (χ4v) is 4.12. The van der Waals surface area contributed by atoms with Crippen molar-refractivity contribution in [3.05, 3.63) is 94.8 Å². The molecule has 0 aliphatic carbocycles. The SMILES string of the molecule is CCOc1cc([C@@H]2C(C#N)=C(N)Oc3n[nH]c(-c4ccc(C)cc4)c32)ccc1OC(=O)c1ccco1. The highest BCUT2D eigenvalue weighted by Gasteiger charge is 2.36. The lowest BCUT2D eigenvalue weighted by Crippen LogP contribution is -2.21. The number of nitriles is 1. The van der Waals surface area contributed by atoms with E-state index in [9.17, 15) is 10.1 Å². The molecule has 0 unspecified atom stereocenters. The lowest BCUT2D eigenvalue weighted by atomic mass is 9.83. The highest BCUT2D eigenvalue weighted by Crippen LogP contribution is 2.47. The molecule has 0 saturated carbocycles. The summed E-state index contributed by atoms with van der Waals surface area (Å²) in [5.74, 6) is -0.362. The number of nitrogens with two attached hydrogens (primary N) is 1. The van der Waals surface area contributed by atoms with Crippen LogP contribution >= 0.6 is 0 Å². The Balaban J connectivity index is 1.60. The van der Waals surface area contributed by atoms with Gasteiger partial charge in [-0.15, -0.1) is 5.10 Å². The second kappa shape index (κ2) is 9.35. The average molecular weight is 482 g/mol. The molecule has 36 heavy (non-hydrogen) atoms. The summed E-state index contributed by atoms with van der Waals surface area (Å²) in [6, 6.07) is 18.3. The van der Waals surface area contributed by atoms with Gasteiger partial charge in [-0.2, -0.15) is 5.26 Å². The highest BCUT2D eigenvalue weighted by molar-refractivity contribution is 5.88. The molecule has 1 aliphatic rings. The first-order chi connectivity index (χ1) is 17.5. The smallest absolute Gasteiger partial charge is 0.379 e. The van der Waals surface area contributed by atoms with Crippen LogP contribution in [0, 0.1) is 18.3 Å². The van der Waals surface area contributed by atoms with Crippen LogP contribution in [0.25, 0.3) is 11.3 Å². The van der Waals surface area contributed by atoms with E-state index in [1.165, 1.54) is 12.3 Å². The predicted octanol–water partition coefficient (Wildman–Crippen LogP) is 4.81. The van der Waals surface area contributed by atoms with Gasteiger partial charge in [-0.05, 0) is 43.7 Å². The van der Waals surface area contributed by atoms with Gasteiger partial charge in [0.15, 0.2) is 11.5 Å². The van der Waals surface area contributed by atoms with E-state index in [0.29, 0.717) is 35.1 Å². The van der Waals surface area contributed by atoms with E-state index in [2.05, 4.69) is 16.3 Å². The molecule has 9 heteroatoms. The molecule has 0 radical (unpaired) electrons. The van der Waals surface area contributed by atoms with Crippen LogP contribution in [0.1, 0.15) is 40.1 Å². The minimum absolute atomic E-state index is 0.0248. The van der Waals surface area contributed by atoms with Crippen molar-refractivity contribution in [3.63, 3.8) is 0 Å². The van der Waals surface area contributed by atoms with Crippen LogP contribution in [0.5, 0.6) is 17.4 Å². The largest absolute Gasteiger partial charge is 0.490 e. The van der Waals surface area contributed by atoms with E-state index in [0.717, 1.165) is 11.1 Å². The molecule has 3 N–H and O–H groups in total. The standard InChI is InChI=1S/C27H22N4O5/c1-3-33-21-13-17(10-11-19(21)35-27(32)20-5-4-12-34-20)22-18(14-28)25(29)36-26-23(22)24(30-31-26)16-8-6-15(2)7-9-16/h4-13,22H,3,29H2,1-2H3,(H,30,31)/t22-/m1/s1. The molecule has 9 nitrogen and oxygen atoms in total. The molecule has 180 valence electrons. The first kappa shape index (κ1) is 22.8. The predicted molar refractivity (Wildman–Crippen MR) is 129 cm³/mol. The van der Waals surface area contributed by atoms with Crippen LogP contribution in [0.2, 0.25) is 0 Å². The van der Waals surface area contributed by atoms with Crippen molar-refractivity contribution in [2.45, 2.75) is 19.8 Å². The zero-order chi connectivity index (χ0) is 25.2. The molecule has 2 aromatic heterocycles. The number of rotatable bonds is 6. The first-order valence-corrected chi connectivity index (χ1v) is 11.3. The van der Waals surface area contributed by atoms with E-state index in [4.69, 9.17) is 24.4 Å². The molecule has 1 aliphatic heterocycles. The summed E-state index contributed by atoms with van der Waals surface area (Å²) < 4.78 is 22.1. The number of aromatic nitrogens is 2. The topological polar surface area (TPSA) is 136 Å². The van der Waals surface area contributed by atoms with Crippen molar-refractivity contribution in [3.8, 4) is 34.7 Å². The number of aromatic amines is 1. The highest BCUT2D eigenvalue weighted by atomic mass is 16.6. The molecule has 3 heterocycles. The number of allylic oxidation sites excluding steroid dienone is 1. The normalized spacial score (nSPS) is 14.5. The zero-order valence-corrected chi connectivity index (χ0v) is 19.6. The molecule has 2 aromatic carbocycles. The third-order valence-electron chi connectivity index (χ3n) is 5.81. The van der Waals surface area contributed by atoms with Crippen molar-refractivity contribution in [2.75, 3.05) is 6.61 Å². The second-order valence-electron chi connectivity index (χ2n) is 8.11. The zero-order valence-electron chi connectivity index (χ0n) is 19.6. The number of nitrogens with zero attached hydrogens (tertiary/aromatic N) is 2. The summed E-state index contributed by atoms with van der Waals surface area (Å²) in [5.41, 5.74) is 10.4. The number of ether oxygens (including phenoxy) is 3. The Bertz CT molecular complexity index is 1490. The Kier molecular flexibility index (Phi) is 5.92. The summed E-state index contributed by atoms with van der Waals surface area (Å²) in [6.45, 7) is 4.16. The van der Waals surface area contributed by atoms with Crippen LogP contribution in [0.15, 0.2) is 76.7 Å². The van der Waals surface area contributed by atoms with Gasteiger partial charge in [-0.3, -0.25) is 5.10 Å². The third-order valence-corrected chi connectivity index (χ3v) is 5.81. The number of aryl methyl sites for hydroxylation is 1. The molecular weight excluding hydrogens is 460 g/mol. The fraction of sp³-hybridized carbons (Fsp3) is 0.148. The molecule has 0 amide bonds. The number of carbonyl (C=O) groups excluding carboxylic acids is 1. The number of benzene rings is 2. The van der Waals surface area contributed by atoms with Crippen molar-refractivity contribution in [1.82, 2.24) is 10.2 Å². The van der Waals surface area contributed by atoms with Crippen LogP contribution in [-0.4, -0.2) is 22.8 Å². The summed E-state index contributed by atoms with van der Waals surface area (Å²) in [6.07, 6.45) is 1.39. The van der Waals surface area contributed by atoms with Crippen molar-refractivity contribution >= 4 is 5.97 Å². The quantitative estimate of drug-likeness (QED) is 0.295. The maximum Gasteiger partial charge on any atom is 0.379 e. The Morgan fingerprint density at radius 2 is 2.00 bits per heavy atom. The molecule has 0 spiro atoms. The minimum atomic E-state index is -0.652. The number of nitrogens with one attached hydrogen (secondary N) is 1. The maximum atomic E-state index is 12.4. The lowest BCUT2D eigenvalue weighted by molar-refractivity contribution is 0.0695. The number of hydrogen-bond acceptors (Lipinski definition) is 8. The lowest BCUT2D eigenvalue weighted by Gasteiger charge is -2.25. The Morgan fingerprint density at radius 3 is 2.69 bits per heavy atom. The number of carbonyl (C=O) groups is 1. The van der Waals surface area contributed by atoms with E-state index in [1.807, 2.05) is 38.1 Å². The molecule has 0 fully saturated rings. The monoisotopic (exact) mass is 482 g/mol. The van der Waals surface area contributed by atoms with Gasteiger partial charge >= 0.3 is 5.97 Å². The van der Waals surface area contributed by atoms with Gasteiger partial charge in [-0.25, -0.2) is 4.79 Å². The van der Waals surface area contributed by atoms with Gasteiger partial charge in [0.05, 0.1) is 30.0 Å². The summed E-state index contributed by atoms with van der Waals surface area (Å²) >= 11 is 0. The molecule has 5 rings (SSSR count). The van der Waals surface area contributed by atoms with Crippen LogP contribution in [0.3, 0.4) is 0 Å². The van der Waals surface area contributed by atoms with Gasteiger partial charge < -0.3 is 24.4 Å². The van der Waals surface area contributed by atoms with Crippen LogP contribution < -0.4 is 19.9 Å². The molecule has 0 saturated heterocycles. The number of furan rings is 1. The summed E-state index contributed by atoms with van der Waals surface area (Å²) in [7, 11) is 0. The molecule has 0 bridgehead atoms. The molecular formula is C27H22N4O5. The summed E-state index contributed by atoms with van der Waals surface area (Å²) in [5, 5.41) is 17.3. The van der Waals surface area contributed by atoms with Crippen molar-refractivity contribution in [1.29, 1.82) is 5.26 Å². The Hall–Kier alpha value is -4.97. The van der Waals surface area contributed by atoms with E-state index in [-0.39, 0.29) is 23.0 Å². The number of H-pyrrole nitrogens is 1. The Labute approximate surface area is 206 Å². The molecule has 4 aromatic rings. The van der Waals surface area contributed by atoms with Gasteiger partial charge in [0.1, 0.15) is 11.6 Å². The van der Waals surface area contributed by atoms with Crippen molar-refractivity contribution < 1.29 is 23.4 Å². The van der Waals surface area contributed by atoms with Crippen LogP contribution in [-0.2, 0) is 0 Å². The van der Waals surface area contributed by atoms with Gasteiger partial charge in [0.2, 0.25) is 17.5 Å². The van der Waals surface area contributed by atoms with Gasteiger partial charge in [0, 0.05) is 5.56 Å². The van der Waals surface area contributed by atoms with Gasteiger partial charge in [-0.1, -0.05) is 35.9 Å². The van der Waals surface area contributed by atoms with E-state index < -0.39 is 11.9 Å². The maximum absolute atomic E-state index is 12.4. The average Bonchev–Trinajstić information content (AvgIpc) is 3.55. The van der Waals surface area contributed by atoms with E-state index >= 15 is 0 Å².